The summed E-state index contributed by atoms with van der Waals surface area (Å²) in [6, 6.07) is 5.55. The summed E-state index contributed by atoms with van der Waals surface area (Å²) in [7, 11) is 0. The van der Waals surface area contributed by atoms with E-state index in [2.05, 4.69) is 16.0 Å². The van der Waals surface area contributed by atoms with Crippen LogP contribution in [0.3, 0.4) is 0 Å². The summed E-state index contributed by atoms with van der Waals surface area (Å²) >= 11 is 0. The maximum Gasteiger partial charge on any atom is 0.408 e. The fourth-order valence-corrected chi connectivity index (χ4v) is 6.07. The van der Waals surface area contributed by atoms with E-state index < -0.39 is 83.3 Å². The first-order chi connectivity index (χ1) is 20.1. The number of Topliss-reactive ketones (excluding diaryl/α,β-unsaturated/α-hetero) is 1. The Kier molecular flexibility index (Phi) is 11.3. The molecule has 0 aromatic heterocycles. The summed E-state index contributed by atoms with van der Waals surface area (Å²) in [4.78, 5) is 67.9. The van der Waals surface area contributed by atoms with Crippen molar-refractivity contribution in [2.75, 3.05) is 6.54 Å². The van der Waals surface area contributed by atoms with Crippen LogP contribution in [0.5, 0.6) is 0 Å². The quantitative estimate of drug-likeness (QED) is 0.330. The van der Waals surface area contributed by atoms with Gasteiger partial charge in [-0.25, -0.2) is 9.18 Å². The number of halogens is 1. The van der Waals surface area contributed by atoms with E-state index in [-0.39, 0.29) is 19.4 Å². The molecule has 1 saturated heterocycles. The number of rotatable bonds is 11. The summed E-state index contributed by atoms with van der Waals surface area (Å²) in [6.07, 6.45) is -0.949. The molecule has 2 aliphatic rings. The van der Waals surface area contributed by atoms with E-state index in [1.807, 2.05) is 37.3 Å². The number of fused-ring (bicyclic) bond motifs is 1. The molecule has 7 atom stereocenters. The molecule has 0 bridgehead atoms. The van der Waals surface area contributed by atoms with Gasteiger partial charge in [-0.1, -0.05) is 64.4 Å². The molecule has 3 rings (SSSR count). The van der Waals surface area contributed by atoms with E-state index in [1.54, 1.807) is 41.5 Å². The first kappa shape index (κ1) is 34.0. The SMILES string of the molecule is CCC[C@H](NC(=O)[C@@H]1[C@H]2CC[C@H](F)[C@H]2CN1C(=O)[C@@H](NC(=O)OC(C)C)C(C)(C)C)C(=O)C(=O)N[C@@H](C)c1ccccc1. The molecule has 1 aromatic carbocycles. The number of carbonyl (C=O) groups is 5. The lowest BCUT2D eigenvalue weighted by atomic mass is 9.85. The number of hydrogen-bond donors (Lipinski definition) is 3. The van der Waals surface area contributed by atoms with E-state index in [0.29, 0.717) is 12.8 Å². The zero-order chi connectivity index (χ0) is 32.1. The summed E-state index contributed by atoms with van der Waals surface area (Å²) in [5, 5.41) is 8.08. The Morgan fingerprint density at radius 2 is 1.63 bits per heavy atom. The molecule has 43 heavy (non-hydrogen) atoms. The van der Waals surface area contributed by atoms with Crippen molar-refractivity contribution < 1.29 is 33.1 Å². The van der Waals surface area contributed by atoms with Crippen molar-refractivity contribution in [3.8, 4) is 0 Å². The molecule has 3 N–H and O–H groups in total. The number of nitrogens with one attached hydrogen (secondary N) is 3. The van der Waals surface area contributed by atoms with Gasteiger partial charge in [0, 0.05) is 12.5 Å². The monoisotopic (exact) mass is 602 g/mol. The van der Waals surface area contributed by atoms with Gasteiger partial charge in [-0.2, -0.15) is 0 Å². The Morgan fingerprint density at radius 1 is 0.977 bits per heavy atom. The molecular formula is C32H47FN4O6. The third-order valence-corrected chi connectivity index (χ3v) is 8.29. The highest BCUT2D eigenvalue weighted by atomic mass is 19.1. The molecule has 1 aliphatic heterocycles. The minimum absolute atomic E-state index is 0.0116. The lowest BCUT2D eigenvalue weighted by molar-refractivity contribution is -0.144. The van der Waals surface area contributed by atoms with Crippen molar-refractivity contribution in [1.29, 1.82) is 0 Å². The van der Waals surface area contributed by atoms with Crippen LogP contribution in [-0.2, 0) is 23.9 Å². The van der Waals surface area contributed by atoms with Crippen LogP contribution >= 0.6 is 0 Å². The molecule has 1 aliphatic carbocycles. The van der Waals surface area contributed by atoms with Gasteiger partial charge < -0.3 is 25.6 Å². The van der Waals surface area contributed by atoms with Crippen LogP contribution in [0, 0.1) is 17.3 Å². The van der Waals surface area contributed by atoms with Crippen molar-refractivity contribution in [3.05, 3.63) is 35.9 Å². The Hall–Kier alpha value is -3.50. The second kappa shape index (κ2) is 14.3. The minimum Gasteiger partial charge on any atom is -0.447 e. The maximum atomic E-state index is 15.0. The van der Waals surface area contributed by atoms with Gasteiger partial charge in [0.25, 0.3) is 5.91 Å². The minimum atomic E-state index is -1.18. The van der Waals surface area contributed by atoms with Gasteiger partial charge in [-0.15, -0.1) is 0 Å². The number of carbonyl (C=O) groups excluding carboxylic acids is 5. The van der Waals surface area contributed by atoms with Gasteiger partial charge in [0.2, 0.25) is 17.6 Å². The number of amides is 4. The second-order valence-electron chi connectivity index (χ2n) is 13.1. The Balaban J connectivity index is 1.82. The van der Waals surface area contributed by atoms with Crippen LogP contribution in [0.15, 0.2) is 30.3 Å². The first-order valence-electron chi connectivity index (χ1n) is 15.3. The molecule has 2 fully saturated rings. The molecule has 4 amide bonds. The fraction of sp³-hybridized carbons (Fsp3) is 0.656. The van der Waals surface area contributed by atoms with Crippen molar-refractivity contribution in [1.82, 2.24) is 20.9 Å². The largest absolute Gasteiger partial charge is 0.447 e. The highest BCUT2D eigenvalue weighted by molar-refractivity contribution is 6.38. The third kappa shape index (κ3) is 8.32. The fourth-order valence-electron chi connectivity index (χ4n) is 6.07. The first-order valence-corrected chi connectivity index (χ1v) is 15.3. The van der Waals surface area contributed by atoms with Gasteiger partial charge in [-0.05, 0) is 56.9 Å². The molecule has 0 radical (unpaired) electrons. The number of alkyl halides is 1. The zero-order valence-electron chi connectivity index (χ0n) is 26.3. The van der Waals surface area contributed by atoms with Crippen LogP contribution in [0.1, 0.15) is 85.8 Å². The molecule has 238 valence electrons. The number of ketones is 1. The van der Waals surface area contributed by atoms with E-state index in [1.165, 1.54) is 4.90 Å². The molecule has 11 heteroatoms. The van der Waals surface area contributed by atoms with Crippen molar-refractivity contribution in [2.45, 2.75) is 111 Å². The van der Waals surface area contributed by atoms with E-state index in [0.717, 1.165) is 5.56 Å². The number of likely N-dealkylation sites (tertiary alicyclic amines) is 1. The molecule has 10 nitrogen and oxygen atoms in total. The van der Waals surface area contributed by atoms with Gasteiger partial charge >= 0.3 is 6.09 Å². The molecule has 0 spiro atoms. The third-order valence-electron chi connectivity index (χ3n) is 8.29. The predicted molar refractivity (Wildman–Crippen MR) is 159 cm³/mol. The van der Waals surface area contributed by atoms with Gasteiger partial charge in [0.15, 0.2) is 0 Å². The highest BCUT2D eigenvalue weighted by Gasteiger charge is 2.55. The predicted octanol–water partition coefficient (Wildman–Crippen LogP) is 3.84. The number of ether oxygens (including phenoxy) is 1. The van der Waals surface area contributed by atoms with Crippen LogP contribution < -0.4 is 16.0 Å². The lowest BCUT2D eigenvalue weighted by Crippen LogP contribution is -2.60. The van der Waals surface area contributed by atoms with Crippen molar-refractivity contribution >= 4 is 29.6 Å². The van der Waals surface area contributed by atoms with Crippen LogP contribution in [0.25, 0.3) is 0 Å². The normalized spacial score (nSPS) is 23.6. The average molecular weight is 603 g/mol. The highest BCUT2D eigenvalue weighted by Crippen LogP contribution is 2.44. The molecule has 1 saturated carbocycles. The van der Waals surface area contributed by atoms with Crippen LogP contribution in [0.4, 0.5) is 9.18 Å². The summed E-state index contributed by atoms with van der Waals surface area (Å²) in [5.74, 6) is -3.74. The lowest BCUT2D eigenvalue weighted by Gasteiger charge is -2.36. The Labute approximate surface area is 253 Å². The number of hydrogen-bond acceptors (Lipinski definition) is 6. The average Bonchev–Trinajstić information content (AvgIpc) is 3.49. The topological polar surface area (TPSA) is 134 Å². The number of alkyl carbamates (subject to hydrolysis) is 1. The van der Waals surface area contributed by atoms with Crippen LogP contribution in [-0.4, -0.2) is 71.4 Å². The Morgan fingerprint density at radius 3 is 2.21 bits per heavy atom. The van der Waals surface area contributed by atoms with Crippen molar-refractivity contribution in [3.63, 3.8) is 0 Å². The molecule has 1 aromatic rings. The molecule has 0 unspecified atom stereocenters. The maximum absolute atomic E-state index is 15.0. The van der Waals surface area contributed by atoms with E-state index in [9.17, 15) is 28.4 Å². The smallest absolute Gasteiger partial charge is 0.408 e. The summed E-state index contributed by atoms with van der Waals surface area (Å²) < 4.78 is 20.2. The van der Waals surface area contributed by atoms with E-state index >= 15 is 0 Å². The second-order valence-corrected chi connectivity index (χ2v) is 13.1. The number of benzene rings is 1. The van der Waals surface area contributed by atoms with Gasteiger partial charge in [0.1, 0.15) is 18.3 Å². The zero-order valence-corrected chi connectivity index (χ0v) is 26.3. The molecular weight excluding hydrogens is 555 g/mol. The van der Waals surface area contributed by atoms with Crippen LogP contribution in [0.2, 0.25) is 0 Å². The number of nitrogens with zero attached hydrogens (tertiary/aromatic N) is 1. The Bertz CT molecular complexity index is 1170. The van der Waals surface area contributed by atoms with Gasteiger partial charge in [-0.3, -0.25) is 19.2 Å². The molecule has 1 heterocycles. The standard InChI is InChI=1S/C32H47FN4O6/c1-8-12-24(26(38)29(40)34-19(4)20-13-10-9-11-14-20)35-28(39)25-21-15-16-23(33)22(21)17-37(25)30(41)27(32(5,6)7)36-31(42)43-18(2)3/h9-11,13-14,18-19,21-25,27H,8,12,15-17H2,1-7H3,(H,34,40)(H,35,39)(H,36,42)/t19-,21-,22-,23-,24-,25-,27+/m0/s1. The van der Waals surface area contributed by atoms with Gasteiger partial charge in [0.05, 0.1) is 18.2 Å². The van der Waals surface area contributed by atoms with E-state index in [4.69, 9.17) is 4.74 Å². The summed E-state index contributed by atoms with van der Waals surface area (Å²) in [5.41, 5.74) is 0.0713. The van der Waals surface area contributed by atoms with Crippen molar-refractivity contribution in [2.24, 2.45) is 17.3 Å². The summed E-state index contributed by atoms with van der Waals surface area (Å²) in [6.45, 7) is 12.3.